The van der Waals surface area contributed by atoms with Crippen molar-refractivity contribution in [3.8, 4) is 11.3 Å². The zero-order valence-electron chi connectivity index (χ0n) is 26.7. The smallest absolute Gasteiger partial charge is 0.137 e. The Balaban J connectivity index is 1.09. The van der Waals surface area contributed by atoms with Crippen LogP contribution in [0.4, 0.5) is 17.1 Å². The molecule has 7 aromatic carbocycles. The summed E-state index contributed by atoms with van der Waals surface area (Å²) >= 11 is 3.77. The molecule has 0 N–H and O–H groups in total. The topological polar surface area (TPSA) is 20.5 Å². The lowest BCUT2D eigenvalue weighted by Crippen LogP contribution is -2.09. The molecule has 50 heavy (non-hydrogen) atoms. The third-order valence-corrected chi connectivity index (χ3v) is 12.4. The van der Waals surface area contributed by atoms with Crippen LogP contribution in [-0.2, 0) is 0 Å². The molecule has 3 nitrogen and oxygen atoms in total. The summed E-state index contributed by atoms with van der Waals surface area (Å²) in [5.74, 6) is 0. The molecule has 0 aliphatic rings. The average Bonchev–Trinajstić information content (AvgIpc) is 3.88. The van der Waals surface area contributed by atoms with E-state index >= 15 is 0 Å². The number of fused-ring (bicyclic) bond motifs is 11. The molecule has 0 atom stereocenters. The molecule has 0 bridgehead atoms. The van der Waals surface area contributed by atoms with E-state index in [-0.39, 0.29) is 0 Å². The van der Waals surface area contributed by atoms with Gasteiger partial charge in [-0.1, -0.05) is 103 Å². The summed E-state index contributed by atoms with van der Waals surface area (Å²) in [6.07, 6.45) is 4.14. The molecule has 0 aliphatic carbocycles. The van der Waals surface area contributed by atoms with E-state index in [4.69, 9.17) is 4.98 Å². The highest BCUT2D eigenvalue weighted by Gasteiger charge is 2.18. The van der Waals surface area contributed by atoms with Crippen LogP contribution < -0.4 is 4.90 Å². The summed E-state index contributed by atoms with van der Waals surface area (Å²) in [6.45, 7) is 0. The normalized spacial score (nSPS) is 12.0. The van der Waals surface area contributed by atoms with Gasteiger partial charge in [0.15, 0.2) is 0 Å². The fourth-order valence-electron chi connectivity index (χ4n) is 7.57. The lowest BCUT2D eigenvalue weighted by atomic mass is 10.0. The molecule has 234 valence electrons. The summed E-state index contributed by atoms with van der Waals surface area (Å²) in [4.78, 5) is 7.28. The zero-order valence-corrected chi connectivity index (χ0v) is 28.4. The summed E-state index contributed by atoms with van der Waals surface area (Å²) in [7, 11) is 0. The second-order valence-corrected chi connectivity index (χ2v) is 15.0. The number of thiophene rings is 2. The van der Waals surface area contributed by atoms with Crippen LogP contribution in [0, 0.1) is 0 Å². The molecular formula is C45H27N3S2. The van der Waals surface area contributed by atoms with E-state index in [0.29, 0.717) is 0 Å². The molecular weight excluding hydrogens is 647 g/mol. The minimum Gasteiger partial charge on any atom is -0.310 e. The van der Waals surface area contributed by atoms with Gasteiger partial charge in [0.25, 0.3) is 0 Å². The Bertz CT molecular complexity index is 2920. The molecule has 0 radical (unpaired) electrons. The van der Waals surface area contributed by atoms with Crippen LogP contribution in [0.25, 0.3) is 78.8 Å². The molecule has 0 spiro atoms. The quantitative estimate of drug-likeness (QED) is 0.185. The molecule has 0 saturated heterocycles. The number of nitrogens with zero attached hydrogens (tertiary/aromatic N) is 3. The Morgan fingerprint density at radius 2 is 1.00 bits per heavy atom. The SMILES string of the molecule is c1ccc2c(c1)ccc1c3ccc(N(c4ccc(-c5cn6ccccc6n5)cc4)c4ccc5c(c4)sc4c6ccccc6ccc54)cc3sc21. The first-order chi connectivity index (χ1) is 24.7. The number of imidazole rings is 1. The number of aromatic nitrogens is 2. The van der Waals surface area contributed by atoms with Gasteiger partial charge < -0.3 is 9.30 Å². The number of pyridine rings is 1. The van der Waals surface area contributed by atoms with Gasteiger partial charge in [-0.25, -0.2) is 4.98 Å². The number of anilines is 3. The fourth-order valence-corrected chi connectivity index (χ4v) is 10.1. The number of benzene rings is 7. The van der Waals surface area contributed by atoms with E-state index in [1.165, 1.54) is 61.9 Å². The van der Waals surface area contributed by atoms with Crippen LogP contribution in [0.3, 0.4) is 0 Å². The Kier molecular flexibility index (Phi) is 5.99. The lowest BCUT2D eigenvalue weighted by Gasteiger charge is -2.26. The van der Waals surface area contributed by atoms with Crippen LogP contribution in [0.1, 0.15) is 0 Å². The van der Waals surface area contributed by atoms with E-state index in [9.17, 15) is 0 Å². The van der Waals surface area contributed by atoms with Crippen molar-refractivity contribution in [3.05, 3.63) is 164 Å². The molecule has 0 unspecified atom stereocenters. The van der Waals surface area contributed by atoms with Crippen molar-refractivity contribution in [1.82, 2.24) is 9.38 Å². The zero-order chi connectivity index (χ0) is 32.8. The van der Waals surface area contributed by atoms with Crippen molar-refractivity contribution in [2.24, 2.45) is 0 Å². The second-order valence-electron chi connectivity index (χ2n) is 12.9. The van der Waals surface area contributed by atoms with Crippen molar-refractivity contribution < 1.29 is 0 Å². The van der Waals surface area contributed by atoms with Crippen molar-refractivity contribution in [2.75, 3.05) is 4.90 Å². The standard InChI is InChI=1S/C45H27N3S2/c1-3-9-34-28(7-1)14-20-38-36-22-18-32(25-41(36)49-44(34)38)48(31-16-12-30(13-17-31)40-27-47-24-6-5-11-43(47)46-40)33-19-23-37-39-21-15-29-8-2-4-10-35(29)45(39)50-42(37)26-33/h1-27H. The van der Waals surface area contributed by atoms with Crippen molar-refractivity contribution in [3.63, 3.8) is 0 Å². The molecule has 11 aromatic rings. The lowest BCUT2D eigenvalue weighted by molar-refractivity contribution is 1.19. The van der Waals surface area contributed by atoms with Gasteiger partial charge in [0.05, 0.1) is 5.69 Å². The minimum atomic E-state index is 0.946. The third kappa shape index (κ3) is 4.24. The first-order valence-electron chi connectivity index (χ1n) is 16.8. The second kappa shape index (κ2) is 10.7. The molecule has 4 heterocycles. The van der Waals surface area contributed by atoms with E-state index in [1.54, 1.807) is 0 Å². The Hall–Kier alpha value is -6.01. The summed E-state index contributed by atoms with van der Waals surface area (Å²) in [5.41, 5.74) is 6.39. The summed E-state index contributed by atoms with van der Waals surface area (Å²) in [6, 6.07) is 55.3. The maximum atomic E-state index is 4.88. The fraction of sp³-hybridized carbons (Fsp3) is 0. The molecule has 0 fully saturated rings. The van der Waals surface area contributed by atoms with E-state index < -0.39 is 0 Å². The molecule has 5 heteroatoms. The number of hydrogen-bond donors (Lipinski definition) is 0. The Labute approximate surface area is 295 Å². The van der Waals surface area contributed by atoms with Crippen LogP contribution in [0.5, 0.6) is 0 Å². The molecule has 11 rings (SSSR count). The van der Waals surface area contributed by atoms with E-state index in [0.717, 1.165) is 34.0 Å². The van der Waals surface area contributed by atoms with Gasteiger partial charge in [0, 0.05) is 75.4 Å². The molecule has 0 saturated carbocycles. The van der Waals surface area contributed by atoms with E-state index in [1.807, 2.05) is 47.1 Å². The van der Waals surface area contributed by atoms with Crippen LogP contribution >= 0.6 is 22.7 Å². The highest BCUT2D eigenvalue weighted by Crippen LogP contribution is 2.45. The van der Waals surface area contributed by atoms with Crippen LogP contribution in [0.15, 0.2) is 164 Å². The van der Waals surface area contributed by atoms with Gasteiger partial charge >= 0.3 is 0 Å². The van der Waals surface area contributed by atoms with Gasteiger partial charge in [-0.3, -0.25) is 0 Å². The highest BCUT2D eigenvalue weighted by atomic mass is 32.1. The van der Waals surface area contributed by atoms with Gasteiger partial charge in [0.1, 0.15) is 5.65 Å². The van der Waals surface area contributed by atoms with Crippen molar-refractivity contribution in [1.29, 1.82) is 0 Å². The van der Waals surface area contributed by atoms with Crippen LogP contribution in [-0.4, -0.2) is 9.38 Å². The van der Waals surface area contributed by atoms with Crippen molar-refractivity contribution in [2.45, 2.75) is 0 Å². The average molecular weight is 674 g/mol. The highest BCUT2D eigenvalue weighted by molar-refractivity contribution is 7.27. The molecule has 0 aliphatic heterocycles. The van der Waals surface area contributed by atoms with E-state index in [2.05, 4.69) is 149 Å². The Morgan fingerprint density at radius 1 is 0.460 bits per heavy atom. The maximum Gasteiger partial charge on any atom is 0.137 e. The predicted octanol–water partition coefficient (Wildman–Crippen LogP) is 13.5. The van der Waals surface area contributed by atoms with Gasteiger partial charge in [-0.2, -0.15) is 0 Å². The summed E-state index contributed by atoms with van der Waals surface area (Å²) < 4.78 is 7.34. The van der Waals surface area contributed by atoms with Gasteiger partial charge in [-0.15, -0.1) is 22.7 Å². The number of hydrogen-bond acceptors (Lipinski definition) is 4. The third-order valence-electron chi connectivity index (χ3n) is 10.00. The molecule has 4 aromatic heterocycles. The first-order valence-corrected chi connectivity index (χ1v) is 18.4. The predicted molar refractivity (Wildman–Crippen MR) is 216 cm³/mol. The van der Waals surface area contributed by atoms with Gasteiger partial charge in [0.2, 0.25) is 0 Å². The largest absolute Gasteiger partial charge is 0.310 e. The Morgan fingerprint density at radius 3 is 1.60 bits per heavy atom. The maximum absolute atomic E-state index is 4.88. The first kappa shape index (κ1) is 27.9. The molecule has 0 amide bonds. The minimum absolute atomic E-state index is 0.946. The summed E-state index contributed by atoms with van der Waals surface area (Å²) in [5, 5.41) is 10.4. The van der Waals surface area contributed by atoms with Crippen molar-refractivity contribution >= 4 is 107 Å². The number of rotatable bonds is 4. The van der Waals surface area contributed by atoms with Gasteiger partial charge in [-0.05, 0) is 70.1 Å². The van der Waals surface area contributed by atoms with Crippen LogP contribution in [0.2, 0.25) is 0 Å². The monoisotopic (exact) mass is 673 g/mol.